The predicted octanol–water partition coefficient (Wildman–Crippen LogP) is -1.40. The maximum Gasteiger partial charge on any atom is 0.177 e. The molecule has 4 unspecified atom stereocenters. The average molecular weight is 264 g/mol. The van der Waals surface area contributed by atoms with Crippen molar-refractivity contribution in [2.24, 2.45) is 0 Å². The molecule has 80 valence electrons. The standard InChI is InChI=1S/4H3O2P/c4*1-3-2/h4*3H2,(H,1,2). The Balaban J connectivity index is -0.0000000356. The van der Waals surface area contributed by atoms with Crippen molar-refractivity contribution in [3.05, 3.63) is 0 Å². The molecule has 0 amide bonds. The van der Waals surface area contributed by atoms with Gasteiger partial charge in [-0.15, -0.1) is 0 Å². The van der Waals surface area contributed by atoms with Crippen molar-refractivity contribution in [2.45, 2.75) is 0 Å². The molecule has 4 N–H and O–H groups in total. The summed E-state index contributed by atoms with van der Waals surface area (Å²) in [5, 5.41) is 0. The normalized spacial score (nSPS) is 9.67. The van der Waals surface area contributed by atoms with Crippen LogP contribution in [-0.4, -0.2) is 19.6 Å². The minimum absolute atomic E-state index is 1.50. The van der Waals surface area contributed by atoms with E-state index in [-0.39, 0.29) is 0 Å². The topological polar surface area (TPSA) is 149 Å². The third-order valence-electron chi connectivity index (χ3n) is 0. The minimum atomic E-state index is -1.50. The maximum atomic E-state index is 8.57. The first-order chi connectivity index (χ1) is 5.66. The van der Waals surface area contributed by atoms with Gasteiger partial charge < -0.3 is 19.6 Å². The molecule has 0 saturated carbocycles. The molecule has 4 atom stereocenters. The lowest BCUT2D eigenvalue weighted by molar-refractivity contribution is 0.523. The van der Waals surface area contributed by atoms with Gasteiger partial charge in [0.05, 0.1) is 0 Å². The Hall–Kier alpha value is 0.760. The number of hydrogen-bond donors (Lipinski definition) is 4. The molecule has 0 rings (SSSR count). The van der Waals surface area contributed by atoms with E-state index < -0.39 is 34.7 Å². The highest BCUT2D eigenvalue weighted by Gasteiger charge is 1.18. The lowest BCUT2D eigenvalue weighted by Crippen LogP contribution is -1.03. The van der Waals surface area contributed by atoms with Crippen LogP contribution in [0, 0.1) is 0 Å². The Morgan fingerprint density at radius 2 is 0.500 bits per heavy atom. The van der Waals surface area contributed by atoms with Crippen LogP contribution in [0.3, 0.4) is 0 Å². The molecule has 0 bridgehead atoms. The summed E-state index contributed by atoms with van der Waals surface area (Å²) in [5.41, 5.74) is 0. The Labute approximate surface area is 73.4 Å². The second-order valence-electron chi connectivity index (χ2n) is 0.422. The largest absolute Gasteiger partial charge is 0.348 e. The fraction of sp³-hybridized carbons (Fsp3) is 0. The summed E-state index contributed by atoms with van der Waals surface area (Å²) in [7, 11) is -6.00. The van der Waals surface area contributed by atoms with Crippen molar-refractivity contribution in [1.29, 1.82) is 0 Å². The second kappa shape index (κ2) is 60.1. The van der Waals surface area contributed by atoms with Crippen LogP contribution in [0.4, 0.5) is 0 Å². The SMILES string of the molecule is O=[PH2]O.O=[PH2]O.O=[PH2]O.O=[PH2]O. The van der Waals surface area contributed by atoms with Crippen molar-refractivity contribution in [3.8, 4) is 0 Å². The van der Waals surface area contributed by atoms with Crippen LogP contribution in [0.25, 0.3) is 0 Å². The molecule has 0 aromatic carbocycles. The van der Waals surface area contributed by atoms with Gasteiger partial charge in [0, 0.05) is 0 Å². The molecule has 0 saturated heterocycles. The third-order valence-corrected chi connectivity index (χ3v) is 0. The average Bonchev–Trinajstić information content (AvgIpc) is 1.92. The summed E-state index contributed by atoms with van der Waals surface area (Å²) in [5.74, 6) is 0. The molecule has 0 aromatic rings. The van der Waals surface area contributed by atoms with E-state index in [4.69, 9.17) is 37.8 Å². The van der Waals surface area contributed by atoms with Crippen LogP contribution >= 0.6 is 34.7 Å². The van der Waals surface area contributed by atoms with E-state index in [1.807, 2.05) is 0 Å². The molecule has 0 heterocycles. The fourth-order valence-corrected chi connectivity index (χ4v) is 0. The molecule has 0 aliphatic rings. The van der Waals surface area contributed by atoms with Gasteiger partial charge in [0.25, 0.3) is 0 Å². The van der Waals surface area contributed by atoms with E-state index >= 15 is 0 Å². The molecular weight excluding hydrogens is 252 g/mol. The van der Waals surface area contributed by atoms with Gasteiger partial charge in [0.15, 0.2) is 34.7 Å². The Bertz CT molecular complexity index is 65.1. The summed E-state index contributed by atoms with van der Waals surface area (Å²) < 4.78 is 34.3. The van der Waals surface area contributed by atoms with Crippen LogP contribution in [0.15, 0.2) is 0 Å². The van der Waals surface area contributed by atoms with E-state index in [9.17, 15) is 0 Å². The van der Waals surface area contributed by atoms with E-state index in [1.165, 1.54) is 0 Å². The first-order valence-electron chi connectivity index (χ1n) is 1.98. The lowest BCUT2D eigenvalue weighted by atomic mass is 15.9. The van der Waals surface area contributed by atoms with Gasteiger partial charge in [-0.25, -0.2) is 0 Å². The molecule has 8 nitrogen and oxygen atoms in total. The monoisotopic (exact) mass is 264 g/mol. The first-order valence-corrected chi connectivity index (χ1v) is 5.93. The molecular formula is H12O8P4. The van der Waals surface area contributed by atoms with E-state index in [0.29, 0.717) is 0 Å². The first kappa shape index (κ1) is 23.0. The zero-order valence-corrected chi connectivity index (χ0v) is 10.4. The van der Waals surface area contributed by atoms with Gasteiger partial charge in [-0.05, 0) is 0 Å². The van der Waals surface area contributed by atoms with Crippen LogP contribution in [0.1, 0.15) is 0 Å². The zero-order chi connectivity index (χ0) is 10.8. The van der Waals surface area contributed by atoms with Gasteiger partial charge in [-0.3, -0.25) is 18.3 Å². The zero-order valence-electron chi connectivity index (χ0n) is 5.73. The van der Waals surface area contributed by atoms with Crippen molar-refractivity contribution >= 4 is 34.7 Å². The second-order valence-corrected chi connectivity index (χ2v) is 1.26. The highest BCUT2D eigenvalue weighted by atomic mass is 31.1. The third kappa shape index (κ3) is 1770. The van der Waals surface area contributed by atoms with Crippen LogP contribution in [-0.2, 0) is 18.3 Å². The molecule has 0 aliphatic carbocycles. The molecule has 0 radical (unpaired) electrons. The summed E-state index contributed by atoms with van der Waals surface area (Å²) in [6, 6.07) is 0. The molecule has 12 heteroatoms. The molecule has 0 spiro atoms. The fourth-order valence-electron chi connectivity index (χ4n) is 0. The Kier molecular flexibility index (Phi) is 115. The quantitative estimate of drug-likeness (QED) is 0.390. The van der Waals surface area contributed by atoms with E-state index in [1.54, 1.807) is 0 Å². The number of rotatable bonds is 0. The highest BCUT2D eigenvalue weighted by Crippen LogP contribution is 1.66. The van der Waals surface area contributed by atoms with Crippen molar-refractivity contribution < 1.29 is 37.8 Å². The number of hydrogen-bond acceptors (Lipinski definition) is 4. The van der Waals surface area contributed by atoms with Crippen molar-refractivity contribution in [2.75, 3.05) is 0 Å². The van der Waals surface area contributed by atoms with Crippen LogP contribution in [0.5, 0.6) is 0 Å². The van der Waals surface area contributed by atoms with Gasteiger partial charge in [0.2, 0.25) is 0 Å². The smallest absolute Gasteiger partial charge is 0.177 e. The summed E-state index contributed by atoms with van der Waals surface area (Å²) in [6.45, 7) is 0. The summed E-state index contributed by atoms with van der Waals surface area (Å²) in [4.78, 5) is 28.4. The van der Waals surface area contributed by atoms with Crippen LogP contribution < -0.4 is 0 Å². The van der Waals surface area contributed by atoms with Crippen LogP contribution in [0.2, 0.25) is 0 Å². The minimum Gasteiger partial charge on any atom is -0.348 e. The predicted molar refractivity (Wildman–Crippen MR) is 50.5 cm³/mol. The Morgan fingerprint density at radius 1 is 0.500 bits per heavy atom. The molecule has 12 heavy (non-hydrogen) atoms. The maximum absolute atomic E-state index is 8.57. The summed E-state index contributed by atoms with van der Waals surface area (Å²) in [6.07, 6.45) is 0. The van der Waals surface area contributed by atoms with Crippen molar-refractivity contribution in [3.63, 3.8) is 0 Å². The molecule has 0 aromatic heterocycles. The highest BCUT2D eigenvalue weighted by molar-refractivity contribution is 7.16. The van der Waals surface area contributed by atoms with Gasteiger partial charge in [0.1, 0.15) is 0 Å². The van der Waals surface area contributed by atoms with Gasteiger partial charge >= 0.3 is 0 Å². The van der Waals surface area contributed by atoms with Gasteiger partial charge in [-0.1, -0.05) is 0 Å². The summed E-state index contributed by atoms with van der Waals surface area (Å²) >= 11 is 0. The van der Waals surface area contributed by atoms with Crippen molar-refractivity contribution in [1.82, 2.24) is 0 Å². The van der Waals surface area contributed by atoms with E-state index in [0.717, 1.165) is 0 Å². The Morgan fingerprint density at radius 3 is 0.500 bits per heavy atom. The van der Waals surface area contributed by atoms with Gasteiger partial charge in [-0.2, -0.15) is 0 Å². The lowest BCUT2D eigenvalue weighted by Gasteiger charge is -1.33. The van der Waals surface area contributed by atoms with E-state index in [2.05, 4.69) is 0 Å². The molecule has 0 aliphatic heterocycles. The molecule has 0 fully saturated rings.